The zero-order valence-electron chi connectivity index (χ0n) is 20.7. The summed E-state index contributed by atoms with van der Waals surface area (Å²) in [6.45, 7) is 0.486. The molecule has 3 unspecified atom stereocenters. The highest BCUT2D eigenvalue weighted by Crippen LogP contribution is 2.48. The van der Waals surface area contributed by atoms with Gasteiger partial charge in [0.1, 0.15) is 41.5 Å². The summed E-state index contributed by atoms with van der Waals surface area (Å²) >= 11 is 0. The van der Waals surface area contributed by atoms with Crippen LogP contribution in [-0.4, -0.2) is 11.1 Å². The second-order valence-electron chi connectivity index (χ2n) is 9.79. The lowest BCUT2D eigenvalue weighted by Gasteiger charge is -2.17. The zero-order valence-corrected chi connectivity index (χ0v) is 20.7. The molecule has 0 aromatic heterocycles. The lowest BCUT2D eigenvalue weighted by atomic mass is 10.1. The van der Waals surface area contributed by atoms with E-state index in [4.69, 9.17) is 19.3 Å². The molecular formula is C32H27FO5. The minimum Gasteiger partial charge on any atom is -0.489 e. The summed E-state index contributed by atoms with van der Waals surface area (Å²) in [4.78, 5) is 11.1. The average Bonchev–Trinajstić information content (AvgIpc) is 3.64. The first-order valence-electron chi connectivity index (χ1n) is 12.8. The SMILES string of the molecule is O=C(O)C1CC1c1ccc(OC2CCc3c(Oc4ccc(OCc5ccccc5)cc4)ccc(F)c32)cc1. The van der Waals surface area contributed by atoms with Crippen LogP contribution >= 0.6 is 0 Å². The van der Waals surface area contributed by atoms with Gasteiger partial charge in [0.15, 0.2) is 0 Å². The van der Waals surface area contributed by atoms with Gasteiger partial charge < -0.3 is 19.3 Å². The zero-order chi connectivity index (χ0) is 26.1. The molecule has 1 fully saturated rings. The van der Waals surface area contributed by atoms with Crippen LogP contribution in [0.5, 0.6) is 23.0 Å². The van der Waals surface area contributed by atoms with Crippen molar-refractivity contribution in [3.8, 4) is 23.0 Å². The lowest BCUT2D eigenvalue weighted by molar-refractivity contribution is -0.138. The van der Waals surface area contributed by atoms with Crippen molar-refractivity contribution in [2.45, 2.75) is 37.9 Å². The quantitative estimate of drug-likeness (QED) is 0.253. The summed E-state index contributed by atoms with van der Waals surface area (Å²) in [5.41, 5.74) is 3.44. The van der Waals surface area contributed by atoms with Gasteiger partial charge in [-0.15, -0.1) is 0 Å². The van der Waals surface area contributed by atoms with Crippen LogP contribution in [0.15, 0.2) is 91.0 Å². The highest BCUT2D eigenvalue weighted by molar-refractivity contribution is 5.75. The molecule has 0 saturated heterocycles. The number of hydrogen-bond acceptors (Lipinski definition) is 4. The van der Waals surface area contributed by atoms with E-state index < -0.39 is 12.1 Å². The Bertz CT molecular complexity index is 1430. The molecule has 1 saturated carbocycles. The van der Waals surface area contributed by atoms with Crippen LogP contribution in [0, 0.1) is 11.7 Å². The van der Waals surface area contributed by atoms with Gasteiger partial charge in [0, 0.05) is 11.1 Å². The number of carbonyl (C=O) groups is 1. The molecule has 0 radical (unpaired) electrons. The van der Waals surface area contributed by atoms with Crippen LogP contribution in [0.2, 0.25) is 0 Å². The van der Waals surface area contributed by atoms with Crippen LogP contribution in [0.4, 0.5) is 4.39 Å². The van der Waals surface area contributed by atoms with Gasteiger partial charge in [-0.3, -0.25) is 4.79 Å². The molecule has 0 bridgehead atoms. The van der Waals surface area contributed by atoms with Crippen LogP contribution < -0.4 is 14.2 Å². The fraction of sp³-hybridized carbons (Fsp3) is 0.219. The Morgan fingerprint density at radius 1 is 0.868 bits per heavy atom. The van der Waals surface area contributed by atoms with Gasteiger partial charge in [0.25, 0.3) is 0 Å². The lowest BCUT2D eigenvalue weighted by Crippen LogP contribution is -2.06. The maximum absolute atomic E-state index is 14.9. The molecule has 0 aliphatic heterocycles. The Labute approximate surface area is 220 Å². The Morgan fingerprint density at radius 2 is 1.58 bits per heavy atom. The fourth-order valence-corrected chi connectivity index (χ4v) is 5.12. The number of rotatable bonds is 9. The first-order valence-corrected chi connectivity index (χ1v) is 12.8. The molecule has 38 heavy (non-hydrogen) atoms. The summed E-state index contributed by atoms with van der Waals surface area (Å²) < 4.78 is 33.1. The normalized spacial score (nSPS) is 19.4. The largest absolute Gasteiger partial charge is 0.489 e. The highest BCUT2D eigenvalue weighted by Gasteiger charge is 2.44. The van der Waals surface area contributed by atoms with E-state index in [9.17, 15) is 9.18 Å². The van der Waals surface area contributed by atoms with Crippen molar-refractivity contribution in [2.75, 3.05) is 0 Å². The summed E-state index contributed by atoms with van der Waals surface area (Å²) in [7, 11) is 0. The molecule has 2 aliphatic rings. The van der Waals surface area contributed by atoms with Crippen molar-refractivity contribution in [3.63, 3.8) is 0 Å². The average molecular weight is 511 g/mol. The second-order valence-corrected chi connectivity index (χ2v) is 9.79. The summed E-state index contributed by atoms with van der Waals surface area (Å²) in [6, 6.07) is 28.0. The molecular weight excluding hydrogens is 483 g/mol. The van der Waals surface area contributed by atoms with Gasteiger partial charge in [-0.05, 0) is 84.8 Å². The molecule has 3 atom stereocenters. The van der Waals surface area contributed by atoms with Gasteiger partial charge in [0.05, 0.1) is 5.92 Å². The third kappa shape index (κ3) is 5.07. The van der Waals surface area contributed by atoms with Crippen LogP contribution in [0.1, 0.15) is 47.1 Å². The molecule has 0 amide bonds. The molecule has 6 heteroatoms. The van der Waals surface area contributed by atoms with Crippen molar-refractivity contribution in [3.05, 3.63) is 119 Å². The number of fused-ring (bicyclic) bond motifs is 1. The molecule has 192 valence electrons. The Kier molecular flexibility index (Phi) is 6.46. The molecule has 4 aromatic carbocycles. The van der Waals surface area contributed by atoms with Crippen molar-refractivity contribution in [1.82, 2.24) is 0 Å². The van der Waals surface area contributed by atoms with Gasteiger partial charge in [-0.25, -0.2) is 4.39 Å². The van der Waals surface area contributed by atoms with E-state index in [1.165, 1.54) is 6.07 Å². The number of benzene rings is 4. The Morgan fingerprint density at radius 3 is 2.29 bits per heavy atom. The number of aliphatic carboxylic acids is 1. The smallest absolute Gasteiger partial charge is 0.307 e. The van der Waals surface area contributed by atoms with Crippen molar-refractivity contribution >= 4 is 5.97 Å². The predicted octanol–water partition coefficient (Wildman–Crippen LogP) is 7.45. The molecule has 4 aromatic rings. The fourth-order valence-electron chi connectivity index (χ4n) is 5.12. The number of ether oxygens (including phenoxy) is 3. The van der Waals surface area contributed by atoms with E-state index in [0.717, 1.165) is 22.4 Å². The minimum atomic E-state index is -0.751. The predicted molar refractivity (Wildman–Crippen MR) is 140 cm³/mol. The molecule has 6 rings (SSSR count). The first-order chi connectivity index (χ1) is 18.5. The minimum absolute atomic E-state index is 0.0652. The molecule has 2 aliphatic carbocycles. The third-order valence-corrected chi connectivity index (χ3v) is 7.23. The topological polar surface area (TPSA) is 65.0 Å². The van der Waals surface area contributed by atoms with Gasteiger partial charge >= 0.3 is 5.97 Å². The summed E-state index contributed by atoms with van der Waals surface area (Å²) in [5, 5.41) is 9.16. The van der Waals surface area contributed by atoms with Crippen molar-refractivity contribution in [1.29, 1.82) is 0 Å². The van der Waals surface area contributed by atoms with E-state index in [0.29, 0.717) is 48.7 Å². The maximum Gasteiger partial charge on any atom is 0.307 e. The van der Waals surface area contributed by atoms with Crippen LogP contribution in [0.25, 0.3) is 0 Å². The molecule has 0 heterocycles. The highest BCUT2D eigenvalue weighted by atomic mass is 19.1. The van der Waals surface area contributed by atoms with Crippen molar-refractivity contribution < 1.29 is 28.5 Å². The summed E-state index contributed by atoms with van der Waals surface area (Å²) in [5.74, 6) is 1.35. The standard InChI is InChI=1S/C32H27FO5/c33-28-15-17-29(37-24-12-10-22(11-13-24)36-19-20-4-2-1-3-5-20)25-14-16-30(31(25)28)38-23-8-6-21(7-9-23)26-18-27(26)32(34)35/h1-13,15,17,26-27,30H,14,16,18-19H2,(H,34,35). The van der Waals surface area contributed by atoms with Crippen LogP contribution in [-0.2, 0) is 17.8 Å². The van der Waals surface area contributed by atoms with E-state index in [-0.39, 0.29) is 17.7 Å². The van der Waals surface area contributed by atoms with Gasteiger partial charge in [-0.1, -0.05) is 42.5 Å². The number of hydrogen-bond donors (Lipinski definition) is 1. The Balaban J connectivity index is 1.12. The van der Waals surface area contributed by atoms with Gasteiger partial charge in [-0.2, -0.15) is 0 Å². The molecule has 1 N–H and O–H groups in total. The molecule has 5 nitrogen and oxygen atoms in total. The van der Waals surface area contributed by atoms with E-state index in [1.54, 1.807) is 6.07 Å². The van der Waals surface area contributed by atoms with E-state index in [1.807, 2.05) is 78.9 Å². The number of halogens is 1. The maximum atomic E-state index is 14.9. The second kappa shape index (κ2) is 10.2. The Hall–Kier alpha value is -4.32. The van der Waals surface area contributed by atoms with Crippen molar-refractivity contribution in [2.24, 2.45) is 5.92 Å². The third-order valence-electron chi connectivity index (χ3n) is 7.23. The van der Waals surface area contributed by atoms with Crippen LogP contribution in [0.3, 0.4) is 0 Å². The number of carboxylic acid groups (broad SMARTS) is 1. The monoisotopic (exact) mass is 510 g/mol. The van der Waals surface area contributed by atoms with E-state index in [2.05, 4.69) is 0 Å². The summed E-state index contributed by atoms with van der Waals surface area (Å²) in [6.07, 6.45) is 1.54. The number of carboxylic acids is 1. The molecule has 0 spiro atoms. The first kappa shape index (κ1) is 24.0. The van der Waals surface area contributed by atoms with Gasteiger partial charge in [0.2, 0.25) is 0 Å². The van der Waals surface area contributed by atoms with E-state index >= 15 is 0 Å².